The number of rotatable bonds is 10. The molecular formula is C34H30O8. The predicted molar refractivity (Wildman–Crippen MR) is 159 cm³/mol. The Morgan fingerprint density at radius 2 is 0.786 bits per heavy atom. The van der Waals surface area contributed by atoms with E-state index < -0.39 is 23.9 Å². The Labute approximate surface area is 244 Å². The van der Waals surface area contributed by atoms with Gasteiger partial charge < -0.3 is 18.9 Å². The summed E-state index contributed by atoms with van der Waals surface area (Å²) in [4.78, 5) is 48.6. The van der Waals surface area contributed by atoms with Gasteiger partial charge in [0.05, 0.1) is 0 Å². The van der Waals surface area contributed by atoms with Crippen LogP contribution in [0.15, 0.2) is 109 Å². The molecular weight excluding hydrogens is 536 g/mol. The monoisotopic (exact) mass is 566 g/mol. The molecule has 0 aliphatic rings. The Morgan fingerprint density at radius 1 is 0.429 bits per heavy atom. The molecule has 0 atom stereocenters. The summed E-state index contributed by atoms with van der Waals surface area (Å²) in [6.07, 6.45) is 0. The number of carbonyl (C=O) groups is 4. The molecule has 42 heavy (non-hydrogen) atoms. The van der Waals surface area contributed by atoms with Crippen LogP contribution >= 0.6 is 0 Å². The molecule has 8 nitrogen and oxygen atoms in total. The molecule has 0 aliphatic heterocycles. The van der Waals surface area contributed by atoms with Crippen molar-refractivity contribution in [3.05, 3.63) is 109 Å². The maximum atomic E-state index is 12.2. The van der Waals surface area contributed by atoms with Crippen molar-refractivity contribution in [3.63, 3.8) is 0 Å². The van der Waals surface area contributed by atoms with Gasteiger partial charge in [-0.2, -0.15) is 0 Å². The molecule has 0 radical (unpaired) electrons. The minimum Gasteiger partial charge on any atom is -0.423 e. The molecule has 3 rings (SSSR count). The molecule has 3 aromatic carbocycles. The van der Waals surface area contributed by atoms with Crippen molar-refractivity contribution in [3.8, 4) is 45.3 Å². The Balaban J connectivity index is 2.00. The molecule has 0 aliphatic carbocycles. The van der Waals surface area contributed by atoms with Crippen molar-refractivity contribution in [2.24, 2.45) is 0 Å². The quantitative estimate of drug-likeness (QED) is 0.148. The van der Waals surface area contributed by atoms with E-state index in [4.69, 9.17) is 18.9 Å². The summed E-state index contributed by atoms with van der Waals surface area (Å²) >= 11 is 0. The van der Waals surface area contributed by atoms with E-state index in [-0.39, 0.29) is 45.3 Å². The third-order valence-corrected chi connectivity index (χ3v) is 5.60. The van der Waals surface area contributed by atoms with Crippen LogP contribution in [0.1, 0.15) is 27.7 Å². The Bertz CT molecular complexity index is 1590. The highest BCUT2D eigenvalue weighted by molar-refractivity contribution is 5.92. The van der Waals surface area contributed by atoms with E-state index in [1.54, 1.807) is 24.3 Å². The largest absolute Gasteiger partial charge is 0.423 e. The van der Waals surface area contributed by atoms with Crippen LogP contribution in [0.3, 0.4) is 0 Å². The van der Waals surface area contributed by atoms with Crippen LogP contribution in [0.5, 0.6) is 23.0 Å². The van der Waals surface area contributed by atoms with Crippen LogP contribution in [0.2, 0.25) is 0 Å². The minimum atomic E-state index is -0.675. The first kappa shape index (κ1) is 31.0. The molecule has 0 unspecified atom stereocenters. The van der Waals surface area contributed by atoms with Gasteiger partial charge in [-0.15, -0.1) is 0 Å². The van der Waals surface area contributed by atoms with Gasteiger partial charge in [-0.3, -0.25) is 0 Å². The highest BCUT2D eigenvalue weighted by Gasteiger charge is 2.17. The number of hydrogen-bond acceptors (Lipinski definition) is 8. The standard InChI is InChI=1S/C34H30O8/c1-19(2)31(35)39-27-15-26(16-28(18-27)40-32(36)20(3)4)24-11-9-23(10-12-24)25-13-14-29(41-33(37)21(5)6)30(17-25)42-34(38)22(7)8/h9-18H,1,3,5,7H2,2,4,6,8H3. The van der Waals surface area contributed by atoms with Gasteiger partial charge in [0.2, 0.25) is 0 Å². The number of benzene rings is 3. The Kier molecular flexibility index (Phi) is 9.78. The van der Waals surface area contributed by atoms with Gasteiger partial charge in [0, 0.05) is 28.4 Å². The van der Waals surface area contributed by atoms with E-state index >= 15 is 0 Å². The topological polar surface area (TPSA) is 105 Å². The van der Waals surface area contributed by atoms with Crippen molar-refractivity contribution < 1.29 is 38.1 Å². The lowest BCUT2D eigenvalue weighted by Gasteiger charge is -2.13. The average Bonchev–Trinajstić information content (AvgIpc) is 2.93. The predicted octanol–water partition coefficient (Wildman–Crippen LogP) is 6.95. The van der Waals surface area contributed by atoms with E-state index in [9.17, 15) is 19.2 Å². The molecule has 214 valence electrons. The van der Waals surface area contributed by atoms with Gasteiger partial charge in [0.25, 0.3) is 0 Å². The molecule has 0 spiro atoms. The molecule has 0 amide bonds. The van der Waals surface area contributed by atoms with E-state index in [2.05, 4.69) is 26.3 Å². The van der Waals surface area contributed by atoms with Crippen LogP contribution in [0.25, 0.3) is 22.3 Å². The number of hydrogen-bond donors (Lipinski definition) is 0. The van der Waals surface area contributed by atoms with Crippen LogP contribution in [-0.4, -0.2) is 23.9 Å². The van der Waals surface area contributed by atoms with Gasteiger partial charge in [0.1, 0.15) is 11.5 Å². The highest BCUT2D eigenvalue weighted by Crippen LogP contribution is 2.36. The second-order valence-electron chi connectivity index (χ2n) is 9.61. The highest BCUT2D eigenvalue weighted by atomic mass is 16.6. The fraction of sp³-hybridized carbons (Fsp3) is 0.118. The molecule has 0 saturated heterocycles. The summed E-state index contributed by atoms with van der Waals surface area (Å²) < 4.78 is 21.5. The zero-order chi connectivity index (χ0) is 31.1. The SMILES string of the molecule is C=C(C)C(=O)Oc1cc(OC(=O)C(=C)C)cc(-c2ccc(-c3ccc(OC(=O)C(=C)C)c(OC(=O)C(=C)C)c3)cc2)c1. The molecule has 0 aromatic heterocycles. The van der Waals surface area contributed by atoms with Crippen molar-refractivity contribution in [1.82, 2.24) is 0 Å². The van der Waals surface area contributed by atoms with Crippen LogP contribution in [-0.2, 0) is 19.2 Å². The van der Waals surface area contributed by atoms with E-state index in [1.165, 1.54) is 39.8 Å². The number of carbonyl (C=O) groups excluding carboxylic acids is 4. The maximum absolute atomic E-state index is 12.2. The van der Waals surface area contributed by atoms with E-state index in [1.807, 2.05) is 24.3 Å². The Hall–Kier alpha value is -5.50. The second kappa shape index (κ2) is 13.2. The third kappa shape index (κ3) is 8.02. The molecule has 0 heterocycles. The van der Waals surface area contributed by atoms with Crippen molar-refractivity contribution in [1.29, 1.82) is 0 Å². The van der Waals surface area contributed by atoms with Crippen molar-refractivity contribution in [2.75, 3.05) is 0 Å². The fourth-order valence-electron chi connectivity index (χ4n) is 3.33. The molecule has 0 fully saturated rings. The normalized spacial score (nSPS) is 10.2. The zero-order valence-corrected chi connectivity index (χ0v) is 23.9. The number of esters is 4. The first-order chi connectivity index (χ1) is 19.7. The smallest absolute Gasteiger partial charge is 0.338 e. The molecule has 0 bridgehead atoms. The Morgan fingerprint density at radius 3 is 1.21 bits per heavy atom. The van der Waals surface area contributed by atoms with Crippen LogP contribution in [0.4, 0.5) is 0 Å². The summed E-state index contributed by atoms with van der Waals surface area (Å²) in [6, 6.07) is 16.8. The van der Waals surface area contributed by atoms with Crippen LogP contribution < -0.4 is 18.9 Å². The average molecular weight is 567 g/mol. The summed E-state index contributed by atoms with van der Waals surface area (Å²) in [5, 5.41) is 0. The van der Waals surface area contributed by atoms with E-state index in [0.717, 1.165) is 11.1 Å². The van der Waals surface area contributed by atoms with Gasteiger partial charge in [-0.1, -0.05) is 56.6 Å². The summed E-state index contributed by atoms with van der Waals surface area (Å²) in [5.74, 6) is -2.17. The van der Waals surface area contributed by atoms with Crippen molar-refractivity contribution in [2.45, 2.75) is 27.7 Å². The summed E-state index contributed by atoms with van der Waals surface area (Å²) in [6.45, 7) is 20.4. The summed E-state index contributed by atoms with van der Waals surface area (Å²) in [7, 11) is 0. The first-order valence-corrected chi connectivity index (χ1v) is 12.7. The van der Waals surface area contributed by atoms with Gasteiger partial charge >= 0.3 is 23.9 Å². The van der Waals surface area contributed by atoms with Crippen LogP contribution in [0, 0.1) is 0 Å². The molecule has 3 aromatic rings. The molecule has 0 saturated carbocycles. The first-order valence-electron chi connectivity index (χ1n) is 12.7. The second-order valence-corrected chi connectivity index (χ2v) is 9.61. The molecule has 8 heteroatoms. The van der Waals surface area contributed by atoms with Gasteiger partial charge in [-0.05, 0) is 74.2 Å². The van der Waals surface area contributed by atoms with Gasteiger partial charge in [0.15, 0.2) is 11.5 Å². The molecule has 0 N–H and O–H groups in total. The number of ether oxygens (including phenoxy) is 4. The lowest BCUT2D eigenvalue weighted by Crippen LogP contribution is -2.12. The zero-order valence-electron chi connectivity index (χ0n) is 23.9. The third-order valence-electron chi connectivity index (χ3n) is 5.60. The lowest BCUT2D eigenvalue weighted by atomic mass is 9.99. The van der Waals surface area contributed by atoms with Gasteiger partial charge in [-0.25, -0.2) is 19.2 Å². The fourth-order valence-corrected chi connectivity index (χ4v) is 3.33. The van der Waals surface area contributed by atoms with E-state index in [0.29, 0.717) is 11.1 Å². The maximum Gasteiger partial charge on any atom is 0.338 e. The van der Waals surface area contributed by atoms with Crippen molar-refractivity contribution >= 4 is 23.9 Å². The summed E-state index contributed by atoms with van der Waals surface area (Å²) in [5.41, 5.74) is 3.52. The minimum absolute atomic E-state index is 0.0372. The lowest BCUT2D eigenvalue weighted by molar-refractivity contribution is -0.132.